The van der Waals surface area contributed by atoms with Gasteiger partial charge in [0.05, 0.1) is 22.7 Å². The van der Waals surface area contributed by atoms with E-state index in [0.717, 1.165) is 5.03 Å². The lowest BCUT2D eigenvalue weighted by atomic mass is 10.4. The third-order valence-electron chi connectivity index (χ3n) is 1.79. The standard InChI is InChI=1S/C10H10N4OS2/c11-7-1-2-9(13-5-7)17-6-8(15)14-10-12-3-4-16-10/h1-5H,6,11H2,(H,12,14,15). The van der Waals surface area contributed by atoms with Crippen LogP contribution in [0.3, 0.4) is 0 Å². The number of hydrogen-bond acceptors (Lipinski definition) is 6. The van der Waals surface area contributed by atoms with Crippen LogP contribution in [0.5, 0.6) is 0 Å². The Morgan fingerprint density at radius 2 is 2.35 bits per heavy atom. The zero-order valence-electron chi connectivity index (χ0n) is 8.79. The van der Waals surface area contributed by atoms with E-state index in [9.17, 15) is 4.79 Å². The number of rotatable bonds is 4. The van der Waals surface area contributed by atoms with Crippen molar-refractivity contribution in [1.29, 1.82) is 0 Å². The molecule has 2 aromatic heterocycles. The number of nitrogen functional groups attached to an aromatic ring is 1. The molecule has 5 nitrogen and oxygen atoms in total. The van der Waals surface area contributed by atoms with Crippen molar-refractivity contribution in [3.05, 3.63) is 29.9 Å². The molecule has 0 fully saturated rings. The first-order chi connectivity index (χ1) is 8.24. The molecule has 2 heterocycles. The smallest absolute Gasteiger partial charge is 0.236 e. The molecule has 1 amide bonds. The second-order valence-electron chi connectivity index (χ2n) is 3.10. The van der Waals surface area contributed by atoms with Crippen LogP contribution in [-0.2, 0) is 4.79 Å². The zero-order chi connectivity index (χ0) is 12.1. The summed E-state index contributed by atoms with van der Waals surface area (Å²) < 4.78 is 0. The van der Waals surface area contributed by atoms with Crippen molar-refractivity contribution in [2.45, 2.75) is 5.03 Å². The summed E-state index contributed by atoms with van der Waals surface area (Å²) in [6, 6.07) is 3.55. The van der Waals surface area contributed by atoms with Gasteiger partial charge in [0.15, 0.2) is 5.13 Å². The minimum atomic E-state index is -0.0939. The quantitative estimate of drug-likeness (QED) is 0.825. The van der Waals surface area contributed by atoms with Crippen LogP contribution in [0.4, 0.5) is 10.8 Å². The van der Waals surface area contributed by atoms with Gasteiger partial charge >= 0.3 is 0 Å². The summed E-state index contributed by atoms with van der Waals surface area (Å²) in [6.45, 7) is 0. The maximum Gasteiger partial charge on any atom is 0.236 e. The number of pyridine rings is 1. The molecule has 0 spiro atoms. The highest BCUT2D eigenvalue weighted by molar-refractivity contribution is 7.99. The molecule has 0 saturated heterocycles. The molecular formula is C10H10N4OS2. The number of nitrogens with two attached hydrogens (primary N) is 1. The average Bonchev–Trinajstić information content (AvgIpc) is 2.81. The number of aromatic nitrogens is 2. The third kappa shape index (κ3) is 3.72. The van der Waals surface area contributed by atoms with E-state index >= 15 is 0 Å². The average molecular weight is 266 g/mol. The molecule has 3 N–H and O–H groups in total. The molecule has 0 aliphatic rings. The van der Waals surface area contributed by atoms with Crippen molar-refractivity contribution >= 4 is 39.8 Å². The number of anilines is 2. The molecule has 7 heteroatoms. The summed E-state index contributed by atoms with van der Waals surface area (Å²) in [4.78, 5) is 19.6. The second-order valence-corrected chi connectivity index (χ2v) is 4.99. The molecule has 0 bridgehead atoms. The van der Waals surface area contributed by atoms with Crippen LogP contribution in [0.1, 0.15) is 0 Å². The van der Waals surface area contributed by atoms with E-state index in [4.69, 9.17) is 5.73 Å². The van der Waals surface area contributed by atoms with Gasteiger partial charge in [-0.3, -0.25) is 4.79 Å². The third-order valence-corrected chi connectivity index (χ3v) is 3.42. The molecule has 0 unspecified atom stereocenters. The Labute approximate surface area is 106 Å². The van der Waals surface area contributed by atoms with E-state index in [2.05, 4.69) is 15.3 Å². The molecule has 0 aliphatic heterocycles. The molecule has 88 valence electrons. The SMILES string of the molecule is Nc1ccc(SCC(=O)Nc2nccs2)nc1. The summed E-state index contributed by atoms with van der Waals surface area (Å²) >= 11 is 2.75. The molecule has 0 saturated carbocycles. The molecule has 2 aromatic rings. The largest absolute Gasteiger partial charge is 0.397 e. The Bertz CT molecular complexity index is 484. The lowest BCUT2D eigenvalue weighted by molar-refractivity contribution is -0.113. The molecule has 0 aliphatic carbocycles. The zero-order valence-corrected chi connectivity index (χ0v) is 10.4. The predicted molar refractivity (Wildman–Crippen MR) is 70.1 cm³/mol. The summed E-state index contributed by atoms with van der Waals surface area (Å²) in [6.07, 6.45) is 3.22. The van der Waals surface area contributed by atoms with Crippen molar-refractivity contribution in [3.8, 4) is 0 Å². The number of hydrogen-bond donors (Lipinski definition) is 2. The van der Waals surface area contributed by atoms with Gasteiger partial charge < -0.3 is 11.1 Å². The Hall–Kier alpha value is -1.60. The van der Waals surface area contributed by atoms with Gasteiger partial charge in [-0.2, -0.15) is 0 Å². The fourth-order valence-corrected chi connectivity index (χ4v) is 2.24. The van der Waals surface area contributed by atoms with Crippen LogP contribution in [0.2, 0.25) is 0 Å². The molecule has 0 radical (unpaired) electrons. The van der Waals surface area contributed by atoms with Crippen LogP contribution in [0.15, 0.2) is 34.9 Å². The molecule has 2 rings (SSSR count). The van der Waals surface area contributed by atoms with Gasteiger partial charge in [0.25, 0.3) is 0 Å². The van der Waals surface area contributed by atoms with E-state index in [-0.39, 0.29) is 5.91 Å². The van der Waals surface area contributed by atoms with Crippen LogP contribution >= 0.6 is 23.1 Å². The minimum Gasteiger partial charge on any atom is -0.397 e. The van der Waals surface area contributed by atoms with E-state index in [1.807, 2.05) is 5.38 Å². The first-order valence-corrected chi connectivity index (χ1v) is 6.64. The lowest BCUT2D eigenvalue weighted by Gasteiger charge is -2.01. The van der Waals surface area contributed by atoms with Crippen LogP contribution in [0.25, 0.3) is 0 Å². The monoisotopic (exact) mass is 266 g/mol. The van der Waals surface area contributed by atoms with Gasteiger partial charge in [-0.1, -0.05) is 11.8 Å². The highest BCUT2D eigenvalue weighted by atomic mass is 32.2. The van der Waals surface area contributed by atoms with E-state index < -0.39 is 0 Å². The number of amides is 1. The summed E-state index contributed by atoms with van der Waals surface area (Å²) in [5.74, 6) is 0.208. The lowest BCUT2D eigenvalue weighted by Crippen LogP contribution is -2.13. The van der Waals surface area contributed by atoms with Crippen molar-refractivity contribution in [2.75, 3.05) is 16.8 Å². The number of nitrogens with one attached hydrogen (secondary N) is 1. The first-order valence-electron chi connectivity index (χ1n) is 4.78. The van der Waals surface area contributed by atoms with Crippen molar-refractivity contribution in [1.82, 2.24) is 9.97 Å². The fraction of sp³-hybridized carbons (Fsp3) is 0.100. The Morgan fingerprint density at radius 3 is 3.00 bits per heavy atom. The van der Waals surface area contributed by atoms with Gasteiger partial charge in [-0.15, -0.1) is 11.3 Å². The minimum absolute atomic E-state index is 0.0939. The van der Waals surface area contributed by atoms with Crippen molar-refractivity contribution < 1.29 is 4.79 Å². The van der Waals surface area contributed by atoms with Crippen LogP contribution in [-0.4, -0.2) is 21.6 Å². The van der Waals surface area contributed by atoms with E-state index in [1.54, 1.807) is 24.5 Å². The molecule has 17 heavy (non-hydrogen) atoms. The number of carbonyl (C=O) groups is 1. The Kier molecular flexibility index (Phi) is 3.94. The van der Waals surface area contributed by atoms with Crippen molar-refractivity contribution in [2.24, 2.45) is 0 Å². The fourth-order valence-electron chi connectivity index (χ4n) is 1.06. The molecule has 0 atom stereocenters. The number of thiazole rings is 1. The predicted octanol–water partition coefficient (Wildman–Crippen LogP) is 1.85. The first kappa shape index (κ1) is 11.9. The van der Waals surface area contributed by atoms with Gasteiger partial charge in [0, 0.05) is 11.6 Å². The highest BCUT2D eigenvalue weighted by Gasteiger charge is 2.05. The van der Waals surface area contributed by atoms with Crippen LogP contribution < -0.4 is 11.1 Å². The Balaban J connectivity index is 1.82. The van der Waals surface area contributed by atoms with Crippen molar-refractivity contribution in [3.63, 3.8) is 0 Å². The van der Waals surface area contributed by atoms with E-state index in [1.165, 1.54) is 23.1 Å². The summed E-state index contributed by atoms with van der Waals surface area (Å²) in [5, 5.41) is 5.89. The van der Waals surface area contributed by atoms with Gasteiger partial charge in [0.1, 0.15) is 0 Å². The molecular weight excluding hydrogens is 256 g/mol. The summed E-state index contributed by atoms with van der Waals surface area (Å²) in [7, 11) is 0. The number of nitrogens with zero attached hydrogens (tertiary/aromatic N) is 2. The second kappa shape index (κ2) is 5.65. The van der Waals surface area contributed by atoms with Gasteiger partial charge in [-0.25, -0.2) is 9.97 Å². The normalized spacial score (nSPS) is 10.1. The topological polar surface area (TPSA) is 80.9 Å². The Morgan fingerprint density at radius 1 is 1.47 bits per heavy atom. The molecule has 0 aromatic carbocycles. The summed E-state index contributed by atoms with van der Waals surface area (Å²) in [5.41, 5.74) is 6.13. The maximum absolute atomic E-state index is 11.5. The maximum atomic E-state index is 11.5. The van der Waals surface area contributed by atoms with Gasteiger partial charge in [-0.05, 0) is 12.1 Å². The highest BCUT2D eigenvalue weighted by Crippen LogP contribution is 2.17. The van der Waals surface area contributed by atoms with E-state index in [0.29, 0.717) is 16.6 Å². The van der Waals surface area contributed by atoms with Gasteiger partial charge in [0.2, 0.25) is 5.91 Å². The number of thioether (sulfide) groups is 1. The van der Waals surface area contributed by atoms with Crippen LogP contribution in [0, 0.1) is 0 Å². The number of carbonyl (C=O) groups excluding carboxylic acids is 1.